The fraction of sp³-hybridized carbons (Fsp3) is 0.294. The van der Waals surface area contributed by atoms with Gasteiger partial charge < -0.3 is 4.74 Å². The maximum atomic E-state index is 12.7. The Labute approximate surface area is 132 Å². The molecule has 0 aliphatic heterocycles. The third-order valence-electron chi connectivity index (χ3n) is 3.42. The van der Waals surface area contributed by atoms with E-state index in [9.17, 15) is 8.42 Å². The lowest BCUT2D eigenvalue weighted by Crippen LogP contribution is -2.15. The predicted octanol–water partition coefficient (Wildman–Crippen LogP) is 3.68. The first-order valence-corrected chi connectivity index (χ1v) is 8.62. The first kappa shape index (κ1) is 16.4. The van der Waals surface area contributed by atoms with Gasteiger partial charge in [-0.15, -0.1) is 0 Å². The Hall–Kier alpha value is -2.01. The average Bonchev–Trinajstić information content (AvgIpc) is 2.44. The highest BCUT2D eigenvalue weighted by atomic mass is 32.2. The molecule has 0 saturated carbocycles. The summed E-state index contributed by atoms with van der Waals surface area (Å²) in [5.74, 6) is 0.526. The lowest BCUT2D eigenvalue weighted by atomic mass is 10.1. The lowest BCUT2D eigenvalue weighted by molar-refractivity contribution is 0.413. The highest BCUT2D eigenvalue weighted by molar-refractivity contribution is 7.92. The first-order chi connectivity index (χ1) is 10.4. The van der Waals surface area contributed by atoms with Crippen molar-refractivity contribution in [3.8, 4) is 5.75 Å². The molecule has 22 heavy (non-hydrogen) atoms. The zero-order chi connectivity index (χ0) is 16.3. The molecule has 0 unspecified atom stereocenters. The number of hydrogen-bond acceptors (Lipinski definition) is 3. The standard InChI is InChI=1S/C17H21NO3S/c1-5-14-6-7-16(21-4)11-17(14)22(19,20)18-15-9-12(2)8-13(3)10-15/h6-11,18H,5H2,1-4H3. The van der Waals surface area contributed by atoms with E-state index < -0.39 is 10.0 Å². The zero-order valence-corrected chi connectivity index (χ0v) is 14.1. The quantitative estimate of drug-likeness (QED) is 0.914. The summed E-state index contributed by atoms with van der Waals surface area (Å²) in [6.07, 6.45) is 0.632. The van der Waals surface area contributed by atoms with E-state index in [0.717, 1.165) is 16.7 Å². The van der Waals surface area contributed by atoms with Crippen molar-refractivity contribution < 1.29 is 13.2 Å². The van der Waals surface area contributed by atoms with Crippen LogP contribution in [0.1, 0.15) is 23.6 Å². The summed E-state index contributed by atoms with van der Waals surface area (Å²) in [7, 11) is -2.13. The summed E-state index contributed by atoms with van der Waals surface area (Å²) in [4.78, 5) is 0.258. The average molecular weight is 319 g/mol. The summed E-state index contributed by atoms with van der Waals surface area (Å²) >= 11 is 0. The predicted molar refractivity (Wildman–Crippen MR) is 89.1 cm³/mol. The number of aryl methyl sites for hydroxylation is 3. The van der Waals surface area contributed by atoms with Gasteiger partial charge in [0, 0.05) is 11.8 Å². The van der Waals surface area contributed by atoms with E-state index in [0.29, 0.717) is 17.9 Å². The number of anilines is 1. The molecular formula is C17H21NO3S. The molecule has 0 aromatic heterocycles. The fourth-order valence-corrected chi connectivity index (χ4v) is 3.81. The summed E-state index contributed by atoms with van der Waals surface area (Å²) in [6, 6.07) is 10.8. The molecule has 2 aromatic rings. The maximum Gasteiger partial charge on any atom is 0.262 e. The molecule has 2 rings (SSSR count). The van der Waals surface area contributed by atoms with Crippen LogP contribution >= 0.6 is 0 Å². The van der Waals surface area contributed by atoms with E-state index >= 15 is 0 Å². The monoisotopic (exact) mass is 319 g/mol. The number of ether oxygens (including phenoxy) is 1. The molecule has 0 spiro atoms. The summed E-state index contributed by atoms with van der Waals surface area (Å²) in [5, 5.41) is 0. The van der Waals surface area contributed by atoms with Gasteiger partial charge in [0.05, 0.1) is 12.0 Å². The van der Waals surface area contributed by atoms with Crippen molar-refractivity contribution in [1.29, 1.82) is 0 Å². The van der Waals surface area contributed by atoms with E-state index in [2.05, 4.69) is 4.72 Å². The number of rotatable bonds is 5. The molecule has 0 aliphatic carbocycles. The van der Waals surface area contributed by atoms with E-state index in [-0.39, 0.29) is 4.90 Å². The first-order valence-electron chi connectivity index (χ1n) is 7.13. The second kappa shape index (κ2) is 6.40. The number of benzene rings is 2. The Kier molecular flexibility index (Phi) is 4.76. The third-order valence-corrected chi connectivity index (χ3v) is 4.88. The van der Waals surface area contributed by atoms with Crippen LogP contribution in [0.5, 0.6) is 5.75 Å². The molecule has 118 valence electrons. The van der Waals surface area contributed by atoms with Crippen LogP contribution in [0, 0.1) is 13.8 Å². The largest absolute Gasteiger partial charge is 0.497 e. The summed E-state index contributed by atoms with van der Waals surface area (Å²) in [5.41, 5.74) is 3.36. The van der Waals surface area contributed by atoms with E-state index in [1.807, 2.05) is 39.0 Å². The molecule has 0 atom stereocenters. The summed E-state index contributed by atoms with van der Waals surface area (Å²) in [6.45, 7) is 5.80. The Morgan fingerprint density at radius 3 is 2.23 bits per heavy atom. The van der Waals surface area contributed by atoms with Crippen molar-refractivity contribution in [2.75, 3.05) is 11.8 Å². The summed E-state index contributed by atoms with van der Waals surface area (Å²) < 4.78 is 33.2. The Morgan fingerprint density at radius 2 is 1.68 bits per heavy atom. The normalized spacial score (nSPS) is 11.3. The number of methoxy groups -OCH3 is 1. The third kappa shape index (κ3) is 3.60. The molecule has 0 amide bonds. The van der Waals surface area contributed by atoms with Crippen molar-refractivity contribution in [1.82, 2.24) is 0 Å². The van der Waals surface area contributed by atoms with Crippen molar-refractivity contribution in [2.24, 2.45) is 0 Å². The van der Waals surface area contributed by atoms with Crippen molar-refractivity contribution in [2.45, 2.75) is 32.1 Å². The topological polar surface area (TPSA) is 55.4 Å². The van der Waals surface area contributed by atoms with E-state index in [1.165, 1.54) is 7.11 Å². The maximum absolute atomic E-state index is 12.7. The van der Waals surface area contributed by atoms with Gasteiger partial charge in [0.2, 0.25) is 0 Å². The molecule has 0 fully saturated rings. The van der Waals surface area contributed by atoms with Gasteiger partial charge in [-0.3, -0.25) is 4.72 Å². The van der Waals surface area contributed by atoms with Gasteiger partial charge >= 0.3 is 0 Å². The molecule has 0 heterocycles. The Bertz CT molecular complexity index is 762. The molecule has 0 radical (unpaired) electrons. The smallest absolute Gasteiger partial charge is 0.262 e. The van der Waals surface area contributed by atoms with Crippen LogP contribution in [0.3, 0.4) is 0 Å². The van der Waals surface area contributed by atoms with Gasteiger partial charge in [0.15, 0.2) is 0 Å². The van der Waals surface area contributed by atoms with Crippen molar-refractivity contribution in [3.05, 3.63) is 53.1 Å². The number of sulfonamides is 1. The van der Waals surface area contributed by atoms with Gasteiger partial charge in [-0.05, 0) is 55.2 Å². The van der Waals surface area contributed by atoms with Crippen LogP contribution in [-0.4, -0.2) is 15.5 Å². The van der Waals surface area contributed by atoms with E-state index in [1.54, 1.807) is 18.2 Å². The van der Waals surface area contributed by atoms with Gasteiger partial charge in [0.1, 0.15) is 5.75 Å². The van der Waals surface area contributed by atoms with Gasteiger partial charge in [-0.25, -0.2) is 8.42 Å². The lowest BCUT2D eigenvalue weighted by Gasteiger charge is -2.13. The van der Waals surface area contributed by atoms with Crippen LogP contribution in [0.15, 0.2) is 41.3 Å². The van der Waals surface area contributed by atoms with Crippen LogP contribution in [-0.2, 0) is 16.4 Å². The Balaban J connectivity index is 2.46. The zero-order valence-electron chi connectivity index (χ0n) is 13.3. The minimum Gasteiger partial charge on any atom is -0.497 e. The minimum atomic E-state index is -3.65. The molecule has 4 nitrogen and oxygen atoms in total. The second-order valence-corrected chi connectivity index (χ2v) is 6.96. The minimum absolute atomic E-state index is 0.258. The number of hydrogen-bond donors (Lipinski definition) is 1. The molecule has 0 bridgehead atoms. The SMILES string of the molecule is CCc1ccc(OC)cc1S(=O)(=O)Nc1cc(C)cc(C)c1. The molecule has 1 N–H and O–H groups in total. The highest BCUT2D eigenvalue weighted by Crippen LogP contribution is 2.25. The molecule has 2 aromatic carbocycles. The Morgan fingerprint density at radius 1 is 1.05 bits per heavy atom. The molecule has 5 heteroatoms. The molecule has 0 saturated heterocycles. The van der Waals surface area contributed by atoms with Crippen LogP contribution in [0.4, 0.5) is 5.69 Å². The van der Waals surface area contributed by atoms with Gasteiger partial charge in [-0.1, -0.05) is 19.1 Å². The van der Waals surface area contributed by atoms with Crippen LogP contribution in [0.2, 0.25) is 0 Å². The number of nitrogens with one attached hydrogen (secondary N) is 1. The van der Waals surface area contributed by atoms with E-state index in [4.69, 9.17) is 4.74 Å². The van der Waals surface area contributed by atoms with Crippen LogP contribution < -0.4 is 9.46 Å². The fourth-order valence-electron chi connectivity index (χ4n) is 2.45. The van der Waals surface area contributed by atoms with Gasteiger partial charge in [-0.2, -0.15) is 0 Å². The molecule has 0 aliphatic rings. The highest BCUT2D eigenvalue weighted by Gasteiger charge is 2.19. The van der Waals surface area contributed by atoms with Crippen molar-refractivity contribution in [3.63, 3.8) is 0 Å². The van der Waals surface area contributed by atoms with Crippen LogP contribution in [0.25, 0.3) is 0 Å². The van der Waals surface area contributed by atoms with Crippen molar-refractivity contribution >= 4 is 15.7 Å². The molecular weight excluding hydrogens is 298 g/mol. The second-order valence-electron chi connectivity index (χ2n) is 5.31. The van der Waals surface area contributed by atoms with Gasteiger partial charge in [0.25, 0.3) is 10.0 Å².